The minimum Gasteiger partial charge on any atom is -0.396 e. The van der Waals surface area contributed by atoms with Crippen LogP contribution < -0.4 is 0 Å². The van der Waals surface area contributed by atoms with Gasteiger partial charge in [-0.2, -0.15) is 0 Å². The molecule has 0 fully saturated rings. The van der Waals surface area contributed by atoms with E-state index >= 15 is 0 Å². The number of aliphatic hydroxyl groups excluding tert-OH is 1. The van der Waals surface area contributed by atoms with Crippen LogP contribution in [0.2, 0.25) is 0 Å². The maximum Gasteiger partial charge on any atom is 0.0539 e. The number of aryl methyl sites for hydroxylation is 1. The summed E-state index contributed by atoms with van der Waals surface area (Å²) in [5, 5.41) is 9.07. The molecule has 0 amide bonds. The van der Waals surface area contributed by atoms with Crippen molar-refractivity contribution in [3.05, 3.63) is 34.3 Å². The summed E-state index contributed by atoms with van der Waals surface area (Å²) in [6.45, 7) is 5.53. The van der Waals surface area contributed by atoms with Crippen molar-refractivity contribution in [3.63, 3.8) is 0 Å². The maximum absolute atomic E-state index is 9.07. The molecule has 0 aliphatic rings. The largest absolute Gasteiger partial charge is 0.396 e. The highest BCUT2D eigenvalue weighted by molar-refractivity contribution is 9.10. The summed E-state index contributed by atoms with van der Waals surface area (Å²) in [5.41, 5.74) is 1.19. The lowest BCUT2D eigenvalue weighted by Crippen LogP contribution is -2.23. The zero-order valence-electron chi connectivity index (χ0n) is 10.6. The van der Waals surface area contributed by atoms with Crippen molar-refractivity contribution in [1.82, 2.24) is 0 Å². The van der Waals surface area contributed by atoms with Gasteiger partial charge in [-0.15, -0.1) is 0 Å². The Morgan fingerprint density at radius 3 is 2.76 bits per heavy atom. The van der Waals surface area contributed by atoms with Crippen molar-refractivity contribution in [3.8, 4) is 0 Å². The number of rotatable bonds is 7. The first-order valence-corrected chi connectivity index (χ1v) is 6.76. The minimum absolute atomic E-state index is 0.129. The van der Waals surface area contributed by atoms with E-state index in [0.717, 1.165) is 23.9 Å². The van der Waals surface area contributed by atoms with Crippen molar-refractivity contribution in [2.45, 2.75) is 26.7 Å². The Bertz CT molecular complexity index is 337. The normalized spacial score (nSPS) is 11.8. The maximum atomic E-state index is 9.07. The summed E-state index contributed by atoms with van der Waals surface area (Å²) in [6, 6.07) is 8.35. The summed E-state index contributed by atoms with van der Waals surface area (Å²) in [7, 11) is 0. The quantitative estimate of drug-likeness (QED) is 0.782. The number of halogens is 1. The highest BCUT2D eigenvalue weighted by Crippen LogP contribution is 2.15. The van der Waals surface area contributed by atoms with Gasteiger partial charge in [-0.3, -0.25) is 0 Å². The first kappa shape index (κ1) is 14.7. The molecule has 0 aliphatic heterocycles. The Morgan fingerprint density at radius 1 is 1.35 bits per heavy atom. The molecule has 0 saturated carbocycles. The van der Waals surface area contributed by atoms with Crippen molar-refractivity contribution in [2.24, 2.45) is 5.41 Å². The molecule has 0 radical (unpaired) electrons. The molecule has 0 bridgehead atoms. The van der Waals surface area contributed by atoms with Gasteiger partial charge in [0.2, 0.25) is 0 Å². The Balaban J connectivity index is 2.17. The fourth-order valence-electron chi connectivity index (χ4n) is 1.46. The van der Waals surface area contributed by atoms with E-state index in [2.05, 4.69) is 34.1 Å². The van der Waals surface area contributed by atoms with Gasteiger partial charge in [-0.1, -0.05) is 41.9 Å². The van der Waals surface area contributed by atoms with E-state index in [0.29, 0.717) is 6.61 Å². The van der Waals surface area contributed by atoms with Crippen LogP contribution in [0.3, 0.4) is 0 Å². The van der Waals surface area contributed by atoms with Crippen molar-refractivity contribution in [2.75, 3.05) is 19.8 Å². The van der Waals surface area contributed by atoms with Crippen molar-refractivity contribution in [1.29, 1.82) is 0 Å². The average molecular weight is 301 g/mol. The van der Waals surface area contributed by atoms with Gasteiger partial charge in [0, 0.05) is 16.5 Å². The second-order valence-corrected chi connectivity index (χ2v) is 6.02. The van der Waals surface area contributed by atoms with Crippen LogP contribution in [0.5, 0.6) is 0 Å². The lowest BCUT2D eigenvalue weighted by Gasteiger charge is -2.21. The molecule has 96 valence electrons. The summed E-state index contributed by atoms with van der Waals surface area (Å²) in [5.74, 6) is 0. The fourth-order valence-corrected chi connectivity index (χ4v) is 1.91. The molecule has 1 rings (SSSR count). The standard InChI is InChI=1S/C14H21BrO2/c1-14(2,10-16)11-17-8-4-6-12-5-3-7-13(15)9-12/h3,5,7,9,16H,4,6,8,10-11H2,1-2H3. The Labute approximate surface area is 112 Å². The summed E-state index contributed by atoms with van der Waals surface area (Å²) < 4.78 is 6.69. The molecule has 0 spiro atoms. The topological polar surface area (TPSA) is 29.5 Å². The van der Waals surface area contributed by atoms with Crippen LogP contribution in [0.1, 0.15) is 25.8 Å². The highest BCUT2D eigenvalue weighted by atomic mass is 79.9. The summed E-state index contributed by atoms with van der Waals surface area (Å²) in [4.78, 5) is 0. The molecule has 1 N–H and O–H groups in total. The minimum atomic E-state index is -0.129. The SMILES string of the molecule is CC(C)(CO)COCCCc1cccc(Br)c1. The summed E-state index contributed by atoms with van der Waals surface area (Å²) >= 11 is 3.46. The van der Waals surface area contributed by atoms with Crippen LogP contribution in [0.25, 0.3) is 0 Å². The zero-order chi connectivity index (χ0) is 12.7. The third kappa shape index (κ3) is 6.20. The molecule has 0 atom stereocenters. The Hall–Kier alpha value is -0.380. The molecule has 17 heavy (non-hydrogen) atoms. The molecule has 0 heterocycles. The average Bonchev–Trinajstić information content (AvgIpc) is 2.29. The van der Waals surface area contributed by atoms with Crippen LogP contribution in [-0.2, 0) is 11.2 Å². The van der Waals surface area contributed by atoms with E-state index in [1.807, 2.05) is 19.9 Å². The number of benzene rings is 1. The van der Waals surface area contributed by atoms with Crippen LogP contribution in [-0.4, -0.2) is 24.9 Å². The van der Waals surface area contributed by atoms with E-state index in [1.165, 1.54) is 5.56 Å². The van der Waals surface area contributed by atoms with Gasteiger partial charge < -0.3 is 9.84 Å². The molecule has 0 aromatic heterocycles. The number of hydrogen-bond donors (Lipinski definition) is 1. The van der Waals surface area contributed by atoms with Gasteiger partial charge in [-0.25, -0.2) is 0 Å². The van der Waals surface area contributed by atoms with Crippen LogP contribution >= 0.6 is 15.9 Å². The molecular weight excluding hydrogens is 280 g/mol. The van der Waals surface area contributed by atoms with Crippen LogP contribution in [0, 0.1) is 5.41 Å². The lowest BCUT2D eigenvalue weighted by molar-refractivity contribution is 0.0272. The molecule has 0 aliphatic carbocycles. The predicted molar refractivity (Wildman–Crippen MR) is 74.1 cm³/mol. The number of aliphatic hydroxyl groups is 1. The molecule has 0 unspecified atom stereocenters. The first-order chi connectivity index (χ1) is 8.03. The van der Waals surface area contributed by atoms with Gasteiger partial charge in [0.05, 0.1) is 13.2 Å². The smallest absolute Gasteiger partial charge is 0.0539 e. The number of hydrogen-bond acceptors (Lipinski definition) is 2. The predicted octanol–water partition coefficient (Wildman–Crippen LogP) is 3.42. The second-order valence-electron chi connectivity index (χ2n) is 5.11. The van der Waals surface area contributed by atoms with E-state index < -0.39 is 0 Å². The highest BCUT2D eigenvalue weighted by Gasteiger charge is 2.15. The van der Waals surface area contributed by atoms with Gasteiger partial charge in [0.25, 0.3) is 0 Å². The molecular formula is C14H21BrO2. The fraction of sp³-hybridized carbons (Fsp3) is 0.571. The van der Waals surface area contributed by atoms with Gasteiger partial charge in [0.15, 0.2) is 0 Å². The van der Waals surface area contributed by atoms with E-state index in [-0.39, 0.29) is 12.0 Å². The third-order valence-electron chi connectivity index (χ3n) is 2.56. The molecule has 2 nitrogen and oxygen atoms in total. The van der Waals surface area contributed by atoms with E-state index in [9.17, 15) is 0 Å². The second kappa shape index (κ2) is 7.14. The van der Waals surface area contributed by atoms with Gasteiger partial charge >= 0.3 is 0 Å². The van der Waals surface area contributed by atoms with E-state index in [1.54, 1.807) is 0 Å². The Kier molecular flexibility index (Phi) is 6.17. The van der Waals surface area contributed by atoms with Crippen molar-refractivity contribution >= 4 is 15.9 Å². The van der Waals surface area contributed by atoms with E-state index in [4.69, 9.17) is 9.84 Å². The van der Waals surface area contributed by atoms with Gasteiger partial charge in [-0.05, 0) is 30.5 Å². The van der Waals surface area contributed by atoms with Gasteiger partial charge in [0.1, 0.15) is 0 Å². The number of ether oxygens (including phenoxy) is 1. The molecule has 1 aromatic carbocycles. The lowest BCUT2D eigenvalue weighted by atomic mass is 9.97. The molecule has 0 saturated heterocycles. The molecule has 3 heteroatoms. The Morgan fingerprint density at radius 2 is 2.12 bits per heavy atom. The third-order valence-corrected chi connectivity index (χ3v) is 3.06. The van der Waals surface area contributed by atoms with Crippen molar-refractivity contribution < 1.29 is 9.84 Å². The van der Waals surface area contributed by atoms with Crippen LogP contribution in [0.15, 0.2) is 28.7 Å². The first-order valence-electron chi connectivity index (χ1n) is 5.96. The zero-order valence-corrected chi connectivity index (χ0v) is 12.2. The molecule has 1 aromatic rings. The van der Waals surface area contributed by atoms with Crippen LogP contribution in [0.4, 0.5) is 0 Å². The summed E-state index contributed by atoms with van der Waals surface area (Å²) in [6.07, 6.45) is 2.04. The monoisotopic (exact) mass is 300 g/mol.